The third-order valence-electron chi connectivity index (χ3n) is 5.17. The van der Waals surface area contributed by atoms with Gasteiger partial charge < -0.3 is 10.6 Å². The summed E-state index contributed by atoms with van der Waals surface area (Å²) in [5.41, 5.74) is 1.31. The molecule has 31 heavy (non-hydrogen) atoms. The first-order valence-corrected chi connectivity index (χ1v) is 12.0. The molecule has 10 heteroatoms. The van der Waals surface area contributed by atoms with Crippen LogP contribution in [0.25, 0.3) is 0 Å². The molecule has 2 N–H and O–H groups in total. The molecule has 1 aliphatic rings. The van der Waals surface area contributed by atoms with Crippen molar-refractivity contribution in [2.24, 2.45) is 5.92 Å². The maximum Gasteiger partial charge on any atom is 0.243 e. The van der Waals surface area contributed by atoms with Gasteiger partial charge in [-0.05, 0) is 61.7 Å². The van der Waals surface area contributed by atoms with E-state index in [0.717, 1.165) is 5.56 Å². The van der Waals surface area contributed by atoms with Crippen LogP contribution in [0.1, 0.15) is 18.4 Å². The molecule has 1 aliphatic heterocycles. The summed E-state index contributed by atoms with van der Waals surface area (Å²) in [6, 6.07) is 11.1. The zero-order valence-electron chi connectivity index (χ0n) is 16.9. The molecule has 2 aromatic rings. The summed E-state index contributed by atoms with van der Waals surface area (Å²) in [5.74, 6) is -1.27. The van der Waals surface area contributed by atoms with E-state index >= 15 is 0 Å². The Labute approximate surface area is 191 Å². The molecule has 0 radical (unpaired) electrons. The smallest absolute Gasteiger partial charge is 0.243 e. The molecule has 3 rings (SSSR count). The molecule has 2 aromatic carbocycles. The predicted molar refractivity (Wildman–Crippen MR) is 121 cm³/mol. The standard InChI is InChI=1S/C21H23Cl2N3O4S/c1-14-18(23)5-2-6-19(14)25-20(27)12-24-21(28)15-4-3-11-26(13-15)31(29,30)17-9-7-16(22)8-10-17/h2,5-10,15H,3-4,11-13H2,1H3,(H,24,28)(H,25,27). The van der Waals surface area contributed by atoms with E-state index in [-0.39, 0.29) is 29.8 Å². The predicted octanol–water partition coefficient (Wildman–Crippen LogP) is 3.46. The zero-order valence-corrected chi connectivity index (χ0v) is 19.2. The van der Waals surface area contributed by atoms with Gasteiger partial charge in [-0.2, -0.15) is 4.31 Å². The number of nitrogens with zero attached hydrogens (tertiary/aromatic N) is 1. The van der Waals surface area contributed by atoms with Gasteiger partial charge in [-0.25, -0.2) is 8.42 Å². The van der Waals surface area contributed by atoms with Crippen LogP contribution in [-0.2, 0) is 19.6 Å². The molecule has 7 nitrogen and oxygen atoms in total. The molecule has 0 aromatic heterocycles. The molecule has 1 heterocycles. The molecule has 0 bridgehead atoms. The van der Waals surface area contributed by atoms with Crippen LogP contribution >= 0.6 is 23.2 Å². The summed E-state index contributed by atoms with van der Waals surface area (Å²) in [5, 5.41) is 6.29. The SMILES string of the molecule is Cc1c(Cl)cccc1NC(=O)CNC(=O)C1CCCN(S(=O)(=O)c2ccc(Cl)cc2)C1. The van der Waals surface area contributed by atoms with Crippen molar-refractivity contribution in [3.05, 3.63) is 58.1 Å². The fourth-order valence-electron chi connectivity index (χ4n) is 3.38. The van der Waals surface area contributed by atoms with E-state index in [1.807, 2.05) is 0 Å². The fourth-order valence-corrected chi connectivity index (χ4v) is 5.20. The number of halogens is 2. The largest absolute Gasteiger partial charge is 0.347 e. The second-order valence-corrected chi connectivity index (χ2v) is 10.1. The monoisotopic (exact) mass is 483 g/mol. The first-order valence-electron chi connectivity index (χ1n) is 9.77. The van der Waals surface area contributed by atoms with Gasteiger partial charge in [0.2, 0.25) is 21.8 Å². The van der Waals surface area contributed by atoms with Gasteiger partial charge >= 0.3 is 0 Å². The third kappa shape index (κ3) is 5.77. The zero-order chi connectivity index (χ0) is 22.6. The van der Waals surface area contributed by atoms with Crippen molar-refractivity contribution < 1.29 is 18.0 Å². The summed E-state index contributed by atoms with van der Waals surface area (Å²) in [4.78, 5) is 24.9. The molecular weight excluding hydrogens is 461 g/mol. The molecule has 1 fully saturated rings. The second kappa shape index (κ2) is 9.99. The summed E-state index contributed by atoms with van der Waals surface area (Å²) < 4.78 is 27.0. The van der Waals surface area contributed by atoms with Crippen molar-refractivity contribution >= 4 is 50.7 Å². The van der Waals surface area contributed by atoms with Gasteiger partial charge in [0.05, 0.1) is 17.4 Å². The molecule has 166 valence electrons. The minimum atomic E-state index is -3.72. The van der Waals surface area contributed by atoms with Crippen molar-refractivity contribution in [2.45, 2.75) is 24.7 Å². The number of hydrogen-bond donors (Lipinski definition) is 2. The van der Waals surface area contributed by atoms with E-state index in [9.17, 15) is 18.0 Å². The van der Waals surface area contributed by atoms with Crippen LogP contribution in [0.15, 0.2) is 47.4 Å². The highest BCUT2D eigenvalue weighted by molar-refractivity contribution is 7.89. The Morgan fingerprint density at radius 1 is 1.13 bits per heavy atom. The molecule has 1 saturated heterocycles. The van der Waals surface area contributed by atoms with E-state index in [4.69, 9.17) is 23.2 Å². The van der Waals surface area contributed by atoms with Gasteiger partial charge in [-0.1, -0.05) is 29.3 Å². The average Bonchev–Trinajstić information content (AvgIpc) is 2.75. The molecule has 0 spiro atoms. The van der Waals surface area contributed by atoms with Crippen molar-refractivity contribution in [2.75, 3.05) is 25.0 Å². The number of hydrogen-bond acceptors (Lipinski definition) is 4. The van der Waals surface area contributed by atoms with Crippen LogP contribution in [0.3, 0.4) is 0 Å². The number of carbonyl (C=O) groups excluding carboxylic acids is 2. The van der Waals surface area contributed by atoms with Crippen molar-refractivity contribution in [1.82, 2.24) is 9.62 Å². The number of amides is 2. The first-order chi connectivity index (χ1) is 14.7. The van der Waals surface area contributed by atoms with Crippen LogP contribution in [0, 0.1) is 12.8 Å². The number of carbonyl (C=O) groups is 2. The minimum absolute atomic E-state index is 0.0613. The van der Waals surface area contributed by atoms with Gasteiger partial charge in [0.15, 0.2) is 0 Å². The number of benzene rings is 2. The molecule has 1 unspecified atom stereocenters. The van der Waals surface area contributed by atoms with Crippen LogP contribution in [0.2, 0.25) is 10.0 Å². The van der Waals surface area contributed by atoms with E-state index < -0.39 is 15.9 Å². The van der Waals surface area contributed by atoms with Gasteiger partial charge in [-0.3, -0.25) is 9.59 Å². The normalized spacial score (nSPS) is 17.2. The Kier molecular flexibility index (Phi) is 7.59. The molecule has 1 atom stereocenters. The van der Waals surface area contributed by atoms with Crippen molar-refractivity contribution in [3.63, 3.8) is 0 Å². The Bertz CT molecular complexity index is 1070. The Balaban J connectivity index is 1.57. The number of sulfonamides is 1. The molecular formula is C21H23Cl2N3O4S. The minimum Gasteiger partial charge on any atom is -0.347 e. The van der Waals surface area contributed by atoms with Crippen LogP contribution < -0.4 is 10.6 Å². The number of piperidine rings is 1. The quantitative estimate of drug-likeness (QED) is 0.657. The summed E-state index contributed by atoms with van der Waals surface area (Å²) in [6.07, 6.45) is 1.10. The maximum absolute atomic E-state index is 12.9. The molecule has 2 amide bonds. The van der Waals surface area contributed by atoms with Crippen LogP contribution in [0.5, 0.6) is 0 Å². The van der Waals surface area contributed by atoms with E-state index in [1.165, 1.54) is 28.6 Å². The van der Waals surface area contributed by atoms with Crippen molar-refractivity contribution in [1.29, 1.82) is 0 Å². The fraction of sp³-hybridized carbons (Fsp3) is 0.333. The Hall–Kier alpha value is -2.13. The van der Waals surface area contributed by atoms with Gasteiger partial charge in [0.25, 0.3) is 0 Å². The second-order valence-electron chi connectivity index (χ2n) is 7.33. The number of nitrogens with one attached hydrogen (secondary N) is 2. The lowest BCUT2D eigenvalue weighted by Gasteiger charge is -2.31. The summed E-state index contributed by atoms with van der Waals surface area (Å²) in [6.45, 7) is 1.97. The van der Waals surface area contributed by atoms with Gasteiger partial charge in [0.1, 0.15) is 0 Å². The number of rotatable bonds is 6. The van der Waals surface area contributed by atoms with E-state index in [2.05, 4.69) is 10.6 Å². The highest BCUT2D eigenvalue weighted by Crippen LogP contribution is 2.25. The van der Waals surface area contributed by atoms with Crippen LogP contribution in [0.4, 0.5) is 5.69 Å². The van der Waals surface area contributed by atoms with Gasteiger partial charge in [0, 0.05) is 28.8 Å². The topological polar surface area (TPSA) is 95.6 Å². The highest BCUT2D eigenvalue weighted by Gasteiger charge is 2.33. The Morgan fingerprint density at radius 2 is 1.84 bits per heavy atom. The lowest BCUT2D eigenvalue weighted by Crippen LogP contribution is -2.46. The van der Waals surface area contributed by atoms with E-state index in [0.29, 0.717) is 35.1 Å². The lowest BCUT2D eigenvalue weighted by atomic mass is 9.99. The Morgan fingerprint density at radius 3 is 2.55 bits per heavy atom. The van der Waals surface area contributed by atoms with Crippen molar-refractivity contribution in [3.8, 4) is 0 Å². The summed E-state index contributed by atoms with van der Waals surface area (Å²) >= 11 is 11.9. The van der Waals surface area contributed by atoms with Crippen LogP contribution in [-0.4, -0.2) is 44.2 Å². The summed E-state index contributed by atoms with van der Waals surface area (Å²) in [7, 11) is -3.72. The van der Waals surface area contributed by atoms with Gasteiger partial charge in [-0.15, -0.1) is 0 Å². The first kappa shape index (κ1) is 23.5. The highest BCUT2D eigenvalue weighted by atomic mass is 35.5. The number of anilines is 1. The average molecular weight is 484 g/mol. The maximum atomic E-state index is 12.9. The lowest BCUT2D eigenvalue weighted by molar-refractivity contribution is -0.128. The molecule has 0 aliphatic carbocycles. The van der Waals surface area contributed by atoms with E-state index in [1.54, 1.807) is 25.1 Å². The molecule has 0 saturated carbocycles. The third-order valence-corrected chi connectivity index (χ3v) is 7.71.